The highest BCUT2D eigenvalue weighted by Crippen LogP contribution is 2.23. The van der Waals surface area contributed by atoms with E-state index in [1.54, 1.807) is 26.0 Å². The van der Waals surface area contributed by atoms with Crippen LogP contribution in [0.3, 0.4) is 0 Å². The highest BCUT2D eigenvalue weighted by Gasteiger charge is 2.20. The minimum atomic E-state index is -0.415. The van der Waals surface area contributed by atoms with E-state index in [1.807, 2.05) is 6.07 Å². The van der Waals surface area contributed by atoms with Gasteiger partial charge in [-0.15, -0.1) is 0 Å². The highest BCUT2D eigenvalue weighted by molar-refractivity contribution is 5.89. The number of carbonyl (C=O) groups is 1. The van der Waals surface area contributed by atoms with Crippen molar-refractivity contribution in [2.24, 2.45) is 0 Å². The van der Waals surface area contributed by atoms with Crippen molar-refractivity contribution in [1.29, 1.82) is 0 Å². The van der Waals surface area contributed by atoms with Crippen molar-refractivity contribution in [3.05, 3.63) is 51.8 Å². The predicted octanol–water partition coefficient (Wildman–Crippen LogP) is 2.59. The largest absolute Gasteiger partial charge is 0.462 e. The van der Waals surface area contributed by atoms with Crippen LogP contribution < -0.4 is 9.80 Å². The molecular weight excluding hydrogens is 362 g/mol. The molecule has 2 aromatic rings. The molecule has 0 saturated carbocycles. The zero-order valence-electron chi connectivity index (χ0n) is 16.0. The molecule has 0 aliphatic carbocycles. The Morgan fingerprint density at radius 1 is 1.14 bits per heavy atom. The topological polar surface area (TPSA) is 102 Å². The van der Waals surface area contributed by atoms with Crippen molar-refractivity contribution in [2.75, 3.05) is 42.6 Å². The van der Waals surface area contributed by atoms with E-state index < -0.39 is 4.92 Å². The second-order valence-corrected chi connectivity index (χ2v) is 6.54. The molecule has 0 spiro atoms. The molecule has 1 aliphatic rings. The molecule has 1 fully saturated rings. The van der Waals surface area contributed by atoms with Crippen LogP contribution in [0.15, 0.2) is 30.6 Å². The summed E-state index contributed by atoms with van der Waals surface area (Å²) >= 11 is 0. The molecule has 0 N–H and O–H groups in total. The number of ether oxygens (including phenoxy) is 1. The lowest BCUT2D eigenvalue weighted by molar-refractivity contribution is -0.385. The first-order chi connectivity index (χ1) is 13.5. The molecule has 148 valence electrons. The monoisotopic (exact) mass is 385 g/mol. The van der Waals surface area contributed by atoms with Gasteiger partial charge in [-0.2, -0.15) is 0 Å². The number of aryl methyl sites for hydroxylation is 1. The third kappa shape index (κ3) is 4.36. The predicted molar refractivity (Wildman–Crippen MR) is 105 cm³/mol. The second kappa shape index (κ2) is 8.64. The van der Waals surface area contributed by atoms with E-state index >= 15 is 0 Å². The van der Waals surface area contributed by atoms with Crippen LogP contribution in [0, 0.1) is 17.0 Å². The number of esters is 1. The molecular formula is C19H23N5O4. The Balaban J connectivity index is 1.67. The Kier molecular flexibility index (Phi) is 6.03. The maximum absolute atomic E-state index is 11.7. The molecule has 28 heavy (non-hydrogen) atoms. The van der Waals surface area contributed by atoms with Gasteiger partial charge in [0.05, 0.1) is 17.1 Å². The van der Waals surface area contributed by atoms with Gasteiger partial charge in [0.15, 0.2) is 0 Å². The van der Waals surface area contributed by atoms with Gasteiger partial charge in [-0.3, -0.25) is 10.1 Å². The van der Waals surface area contributed by atoms with E-state index in [-0.39, 0.29) is 11.7 Å². The molecule has 1 saturated heterocycles. The van der Waals surface area contributed by atoms with Gasteiger partial charge in [-0.1, -0.05) is 0 Å². The molecule has 9 nitrogen and oxygen atoms in total. The molecule has 2 aromatic heterocycles. The molecule has 3 rings (SSSR count). The molecule has 0 aromatic carbocycles. The van der Waals surface area contributed by atoms with Crippen LogP contribution >= 0.6 is 0 Å². The summed E-state index contributed by atoms with van der Waals surface area (Å²) in [6.07, 6.45) is 3.76. The van der Waals surface area contributed by atoms with Gasteiger partial charge in [0.1, 0.15) is 17.8 Å². The summed E-state index contributed by atoms with van der Waals surface area (Å²) in [4.78, 5) is 35.3. The van der Waals surface area contributed by atoms with Crippen LogP contribution in [-0.2, 0) is 4.74 Å². The number of nitrogens with zero attached hydrogens (tertiary/aromatic N) is 5. The van der Waals surface area contributed by atoms with Gasteiger partial charge in [0.2, 0.25) is 0 Å². The standard InChI is InChI=1S/C19H23N5O4/c1-3-28-19(25)15-5-6-17(20-12-15)22-7-4-8-23(10-9-22)18-11-14(2)16(13-21-18)24(26)27/h5-6,11-13H,3-4,7-10H2,1-2H3. The lowest BCUT2D eigenvalue weighted by atomic mass is 10.2. The van der Waals surface area contributed by atoms with Gasteiger partial charge in [0, 0.05) is 37.9 Å². The maximum atomic E-state index is 11.7. The summed E-state index contributed by atoms with van der Waals surface area (Å²) in [5.74, 6) is 1.18. The van der Waals surface area contributed by atoms with E-state index in [4.69, 9.17) is 4.74 Å². The first-order valence-electron chi connectivity index (χ1n) is 9.23. The Bertz CT molecular complexity index is 856. The number of rotatable bonds is 5. The number of nitro groups is 1. The molecule has 0 bridgehead atoms. The van der Waals surface area contributed by atoms with Crippen LogP contribution in [0.2, 0.25) is 0 Å². The highest BCUT2D eigenvalue weighted by atomic mass is 16.6. The Morgan fingerprint density at radius 2 is 1.82 bits per heavy atom. The molecule has 0 amide bonds. The van der Waals surface area contributed by atoms with E-state index in [1.165, 1.54) is 12.4 Å². The first kappa shape index (κ1) is 19.5. The lowest BCUT2D eigenvalue weighted by Crippen LogP contribution is -2.31. The summed E-state index contributed by atoms with van der Waals surface area (Å²) in [6.45, 7) is 6.93. The fourth-order valence-corrected chi connectivity index (χ4v) is 3.18. The Labute approximate surface area is 163 Å². The van der Waals surface area contributed by atoms with Gasteiger partial charge in [-0.05, 0) is 38.5 Å². The number of anilines is 2. The quantitative estimate of drug-likeness (QED) is 0.440. The minimum absolute atomic E-state index is 0.0334. The third-order valence-electron chi connectivity index (χ3n) is 4.67. The van der Waals surface area contributed by atoms with Gasteiger partial charge < -0.3 is 14.5 Å². The van der Waals surface area contributed by atoms with Crippen molar-refractivity contribution in [3.8, 4) is 0 Å². The van der Waals surface area contributed by atoms with E-state index in [2.05, 4.69) is 19.8 Å². The zero-order valence-corrected chi connectivity index (χ0v) is 16.0. The maximum Gasteiger partial charge on any atom is 0.339 e. The fraction of sp³-hybridized carbons (Fsp3) is 0.421. The fourth-order valence-electron chi connectivity index (χ4n) is 3.18. The number of hydrogen-bond donors (Lipinski definition) is 0. The first-order valence-corrected chi connectivity index (χ1v) is 9.23. The number of carbonyl (C=O) groups excluding carboxylic acids is 1. The van der Waals surface area contributed by atoms with Crippen molar-refractivity contribution in [1.82, 2.24) is 9.97 Å². The Hall–Kier alpha value is -3.23. The van der Waals surface area contributed by atoms with Crippen LogP contribution in [0.25, 0.3) is 0 Å². The Morgan fingerprint density at radius 3 is 2.39 bits per heavy atom. The van der Waals surface area contributed by atoms with E-state index in [0.29, 0.717) is 17.7 Å². The van der Waals surface area contributed by atoms with E-state index in [9.17, 15) is 14.9 Å². The number of aromatic nitrogens is 2. The van der Waals surface area contributed by atoms with Gasteiger partial charge in [-0.25, -0.2) is 14.8 Å². The summed E-state index contributed by atoms with van der Waals surface area (Å²) in [6, 6.07) is 5.32. The van der Waals surface area contributed by atoms with Crippen LogP contribution in [-0.4, -0.2) is 53.6 Å². The molecule has 0 radical (unpaired) electrons. The third-order valence-corrected chi connectivity index (χ3v) is 4.67. The zero-order chi connectivity index (χ0) is 20.1. The normalized spacial score (nSPS) is 14.5. The number of hydrogen-bond acceptors (Lipinski definition) is 8. The summed E-state index contributed by atoms with van der Waals surface area (Å²) in [5, 5.41) is 11.0. The molecule has 1 aliphatic heterocycles. The smallest absolute Gasteiger partial charge is 0.339 e. The SMILES string of the molecule is CCOC(=O)c1ccc(N2CCCN(c3cc(C)c([N+](=O)[O-])cn3)CC2)nc1. The van der Waals surface area contributed by atoms with Gasteiger partial charge >= 0.3 is 5.97 Å². The van der Waals surface area contributed by atoms with Crippen molar-refractivity contribution >= 4 is 23.3 Å². The molecule has 0 unspecified atom stereocenters. The molecule has 9 heteroatoms. The van der Waals surface area contributed by atoms with Crippen LogP contribution in [0.5, 0.6) is 0 Å². The van der Waals surface area contributed by atoms with Crippen LogP contribution in [0.1, 0.15) is 29.3 Å². The lowest BCUT2D eigenvalue weighted by Gasteiger charge is -2.23. The minimum Gasteiger partial charge on any atom is -0.462 e. The van der Waals surface area contributed by atoms with Crippen LogP contribution in [0.4, 0.5) is 17.3 Å². The van der Waals surface area contributed by atoms with Crippen molar-refractivity contribution in [3.63, 3.8) is 0 Å². The number of pyridine rings is 2. The second-order valence-electron chi connectivity index (χ2n) is 6.54. The van der Waals surface area contributed by atoms with E-state index in [0.717, 1.165) is 44.2 Å². The van der Waals surface area contributed by atoms with Gasteiger partial charge in [0.25, 0.3) is 5.69 Å². The average molecular weight is 385 g/mol. The summed E-state index contributed by atoms with van der Waals surface area (Å²) in [5.41, 5.74) is 1.08. The van der Waals surface area contributed by atoms with Crippen molar-refractivity contribution < 1.29 is 14.5 Å². The summed E-state index contributed by atoms with van der Waals surface area (Å²) in [7, 11) is 0. The molecule has 0 atom stereocenters. The summed E-state index contributed by atoms with van der Waals surface area (Å²) < 4.78 is 4.98. The average Bonchev–Trinajstić information content (AvgIpc) is 2.94. The van der Waals surface area contributed by atoms with Crippen molar-refractivity contribution in [2.45, 2.75) is 20.3 Å². The molecule has 3 heterocycles.